The molecule has 10 heteroatoms. The van der Waals surface area contributed by atoms with Gasteiger partial charge in [-0.3, -0.25) is 15.2 Å². The summed E-state index contributed by atoms with van der Waals surface area (Å²) < 4.78 is 10.6. The molecule has 2 aliphatic carbocycles. The van der Waals surface area contributed by atoms with Crippen molar-refractivity contribution in [1.82, 2.24) is 31.5 Å². The second kappa shape index (κ2) is 9.35. The minimum absolute atomic E-state index is 0.0190. The van der Waals surface area contributed by atoms with Crippen molar-refractivity contribution >= 4 is 12.0 Å². The molecule has 0 spiro atoms. The number of hydrogen-bond acceptors (Lipinski definition) is 8. The first-order chi connectivity index (χ1) is 15.0. The fraction of sp³-hybridized carbons (Fsp3) is 0.714. The van der Waals surface area contributed by atoms with E-state index >= 15 is 0 Å². The standard InChI is InChI=1S/C21H32N6O4/c1-3-21(6-7-21)25-20(29)31-15-5-4-13(8-15)16-10-17(27-26-16)24-18(28)9-14-11-23-19(30-2)12-22-14/h11-13,15-17,26-27H,3-10H2,1-2H3,(H,24,28)(H,25,29)/t13-,15+,16?,17?/m0/s1. The second-order valence-electron chi connectivity index (χ2n) is 8.84. The lowest BCUT2D eigenvalue weighted by atomic mass is 9.96. The van der Waals surface area contributed by atoms with E-state index < -0.39 is 0 Å². The topological polar surface area (TPSA) is 127 Å². The summed E-state index contributed by atoms with van der Waals surface area (Å²) in [5.74, 6) is 0.705. The Bertz CT molecular complexity index is 785. The second-order valence-corrected chi connectivity index (χ2v) is 8.84. The first-order valence-corrected chi connectivity index (χ1v) is 11.1. The molecule has 0 bridgehead atoms. The average Bonchev–Trinajstić information content (AvgIpc) is 3.13. The molecular weight excluding hydrogens is 400 g/mol. The highest BCUT2D eigenvalue weighted by Crippen LogP contribution is 2.39. The molecule has 3 aliphatic rings. The van der Waals surface area contributed by atoms with Crippen LogP contribution in [0.1, 0.15) is 57.6 Å². The summed E-state index contributed by atoms with van der Waals surface area (Å²) in [7, 11) is 1.52. The zero-order valence-corrected chi connectivity index (χ0v) is 18.1. The predicted octanol–water partition coefficient (Wildman–Crippen LogP) is 1.17. The van der Waals surface area contributed by atoms with Gasteiger partial charge in [-0.2, -0.15) is 0 Å². The normalized spacial score (nSPS) is 28.7. The number of carbonyl (C=O) groups excluding carboxylic acids is 2. The van der Waals surface area contributed by atoms with Crippen LogP contribution in [0.25, 0.3) is 0 Å². The Morgan fingerprint density at radius 1 is 1.19 bits per heavy atom. The van der Waals surface area contributed by atoms with Gasteiger partial charge in [0, 0.05) is 11.6 Å². The molecule has 1 aromatic rings. The Balaban J connectivity index is 1.17. The predicted molar refractivity (Wildman–Crippen MR) is 112 cm³/mol. The average molecular weight is 433 g/mol. The van der Waals surface area contributed by atoms with E-state index in [-0.39, 0.29) is 42.3 Å². The molecule has 2 unspecified atom stereocenters. The molecule has 31 heavy (non-hydrogen) atoms. The van der Waals surface area contributed by atoms with Crippen LogP contribution in [0.5, 0.6) is 5.88 Å². The Morgan fingerprint density at radius 2 is 2.03 bits per heavy atom. The summed E-state index contributed by atoms with van der Waals surface area (Å²) in [4.78, 5) is 32.7. The van der Waals surface area contributed by atoms with Crippen LogP contribution < -0.4 is 26.2 Å². The minimum atomic E-state index is -0.283. The van der Waals surface area contributed by atoms with Crippen molar-refractivity contribution in [3.63, 3.8) is 0 Å². The third kappa shape index (κ3) is 5.62. The Labute approximate surface area is 182 Å². The van der Waals surface area contributed by atoms with Gasteiger partial charge >= 0.3 is 6.09 Å². The van der Waals surface area contributed by atoms with Crippen LogP contribution in [0.3, 0.4) is 0 Å². The third-order valence-corrected chi connectivity index (χ3v) is 6.67. The highest BCUT2D eigenvalue weighted by atomic mass is 16.6. The lowest BCUT2D eigenvalue weighted by molar-refractivity contribution is -0.121. The van der Waals surface area contributed by atoms with Crippen molar-refractivity contribution in [2.45, 2.75) is 82.1 Å². The van der Waals surface area contributed by atoms with Crippen molar-refractivity contribution in [1.29, 1.82) is 0 Å². The molecule has 4 N–H and O–H groups in total. The van der Waals surface area contributed by atoms with Crippen LogP contribution in [0.15, 0.2) is 12.4 Å². The molecule has 0 aromatic carbocycles. The van der Waals surface area contributed by atoms with Gasteiger partial charge in [0.1, 0.15) is 6.10 Å². The van der Waals surface area contributed by atoms with E-state index in [0.717, 1.165) is 44.9 Å². The zero-order valence-electron chi connectivity index (χ0n) is 18.1. The molecule has 1 saturated heterocycles. The van der Waals surface area contributed by atoms with E-state index in [0.29, 0.717) is 17.5 Å². The van der Waals surface area contributed by atoms with Gasteiger partial charge in [0.2, 0.25) is 11.8 Å². The third-order valence-electron chi connectivity index (χ3n) is 6.67. The van der Waals surface area contributed by atoms with E-state index in [2.05, 4.69) is 38.4 Å². The molecule has 2 heterocycles. The summed E-state index contributed by atoms with van der Waals surface area (Å²) in [5, 5.41) is 6.02. The molecule has 3 fully saturated rings. The maximum absolute atomic E-state index is 12.3. The first kappa shape index (κ1) is 21.8. The van der Waals surface area contributed by atoms with Crippen molar-refractivity contribution in [2.24, 2.45) is 5.92 Å². The van der Waals surface area contributed by atoms with Crippen molar-refractivity contribution < 1.29 is 19.1 Å². The number of carbonyl (C=O) groups is 2. The van der Waals surface area contributed by atoms with E-state index in [4.69, 9.17) is 9.47 Å². The lowest BCUT2D eigenvalue weighted by Crippen LogP contribution is -2.45. The molecule has 2 saturated carbocycles. The van der Waals surface area contributed by atoms with Gasteiger partial charge in [0.25, 0.3) is 0 Å². The molecule has 1 aliphatic heterocycles. The van der Waals surface area contributed by atoms with Gasteiger partial charge in [0.05, 0.1) is 37.8 Å². The molecule has 4 atom stereocenters. The summed E-state index contributed by atoms with van der Waals surface area (Å²) in [6.07, 6.45) is 9.27. The molecule has 10 nitrogen and oxygen atoms in total. The number of aromatic nitrogens is 2. The van der Waals surface area contributed by atoms with Gasteiger partial charge in [-0.05, 0) is 50.9 Å². The Kier molecular flexibility index (Phi) is 6.57. The van der Waals surface area contributed by atoms with Gasteiger partial charge in [-0.1, -0.05) is 6.92 Å². The number of nitrogens with one attached hydrogen (secondary N) is 4. The molecule has 1 aromatic heterocycles. The van der Waals surface area contributed by atoms with Crippen LogP contribution in [-0.2, 0) is 16.0 Å². The molecule has 0 radical (unpaired) electrons. The Hall–Kier alpha value is -2.46. The van der Waals surface area contributed by atoms with Crippen molar-refractivity contribution in [2.75, 3.05) is 7.11 Å². The van der Waals surface area contributed by atoms with Gasteiger partial charge in [0.15, 0.2) is 0 Å². The summed E-state index contributed by atoms with van der Waals surface area (Å²) in [5.41, 5.74) is 7.03. The van der Waals surface area contributed by atoms with E-state index in [1.54, 1.807) is 6.20 Å². The molecule has 170 valence electrons. The first-order valence-electron chi connectivity index (χ1n) is 11.1. The van der Waals surface area contributed by atoms with E-state index in [9.17, 15) is 9.59 Å². The zero-order chi connectivity index (χ0) is 21.8. The number of amides is 2. The van der Waals surface area contributed by atoms with Crippen molar-refractivity contribution in [3.8, 4) is 5.88 Å². The molecular formula is C21H32N6O4. The van der Waals surface area contributed by atoms with Crippen LogP contribution in [0, 0.1) is 5.92 Å². The summed E-state index contributed by atoms with van der Waals surface area (Å²) in [6.45, 7) is 2.09. The highest BCUT2D eigenvalue weighted by molar-refractivity contribution is 5.78. The number of rotatable bonds is 8. The van der Waals surface area contributed by atoms with Gasteiger partial charge in [-0.25, -0.2) is 15.2 Å². The highest BCUT2D eigenvalue weighted by Gasteiger charge is 2.43. The van der Waals surface area contributed by atoms with Crippen LogP contribution in [-0.4, -0.2) is 52.9 Å². The number of alkyl carbamates (subject to hydrolysis) is 1. The number of ether oxygens (including phenoxy) is 2. The smallest absolute Gasteiger partial charge is 0.407 e. The van der Waals surface area contributed by atoms with Gasteiger partial charge in [-0.15, -0.1) is 0 Å². The minimum Gasteiger partial charge on any atom is -0.480 e. The van der Waals surface area contributed by atoms with Crippen molar-refractivity contribution in [3.05, 3.63) is 18.1 Å². The van der Waals surface area contributed by atoms with Crippen LogP contribution >= 0.6 is 0 Å². The van der Waals surface area contributed by atoms with Gasteiger partial charge < -0.3 is 20.1 Å². The SMILES string of the molecule is CCC1(NC(=O)O[C@@H]2CC[C@H](C3CC(NC(=O)Cc4cnc(OC)cn4)NN3)C2)CC1. The van der Waals surface area contributed by atoms with Crippen LogP contribution in [0.4, 0.5) is 4.79 Å². The lowest BCUT2D eigenvalue weighted by Gasteiger charge is -2.20. The number of hydrazine groups is 1. The quantitative estimate of drug-likeness (QED) is 0.482. The fourth-order valence-corrected chi connectivity index (χ4v) is 4.50. The molecule has 4 rings (SSSR count). The van der Waals surface area contributed by atoms with Crippen LogP contribution in [0.2, 0.25) is 0 Å². The van der Waals surface area contributed by atoms with E-state index in [1.807, 2.05) is 0 Å². The monoisotopic (exact) mass is 432 g/mol. The number of nitrogens with zero attached hydrogens (tertiary/aromatic N) is 2. The number of methoxy groups -OCH3 is 1. The summed E-state index contributed by atoms with van der Waals surface area (Å²) >= 11 is 0. The molecule has 2 amide bonds. The summed E-state index contributed by atoms with van der Waals surface area (Å²) in [6, 6.07) is 0.230. The Morgan fingerprint density at radius 3 is 2.71 bits per heavy atom. The largest absolute Gasteiger partial charge is 0.480 e. The maximum atomic E-state index is 12.3. The number of hydrogen-bond donors (Lipinski definition) is 4. The fourth-order valence-electron chi connectivity index (χ4n) is 4.50. The maximum Gasteiger partial charge on any atom is 0.407 e. The van der Waals surface area contributed by atoms with E-state index in [1.165, 1.54) is 13.3 Å².